The zero-order chi connectivity index (χ0) is 13.1. The number of benzene rings is 1. The maximum Gasteiger partial charge on any atom is 0.320 e. The van der Waals surface area contributed by atoms with Gasteiger partial charge < -0.3 is 4.74 Å². The average molecular weight is 252 g/mol. The van der Waals surface area contributed by atoms with Crippen molar-refractivity contribution in [3.63, 3.8) is 0 Å². The number of halogens is 2. The molecule has 0 spiro atoms. The molecule has 5 heteroatoms. The minimum absolute atomic E-state index is 0.0280. The molecular formula is C13H14F2N2O. The van der Waals surface area contributed by atoms with Gasteiger partial charge in [-0.05, 0) is 37.1 Å². The summed E-state index contributed by atoms with van der Waals surface area (Å²) >= 11 is 0. The van der Waals surface area contributed by atoms with E-state index in [4.69, 9.17) is 4.74 Å². The van der Waals surface area contributed by atoms with Crippen LogP contribution >= 0.6 is 0 Å². The SMILES string of the molecule is Cc1cc(C)cc(OCc2nccn2C(F)F)c1. The molecule has 0 N–H and O–H groups in total. The van der Waals surface area contributed by atoms with E-state index in [2.05, 4.69) is 4.98 Å². The quantitative estimate of drug-likeness (QED) is 0.833. The van der Waals surface area contributed by atoms with Crippen molar-refractivity contribution in [2.45, 2.75) is 27.0 Å². The lowest BCUT2D eigenvalue weighted by Gasteiger charge is -2.09. The normalized spacial score (nSPS) is 10.9. The highest BCUT2D eigenvalue weighted by molar-refractivity contribution is 5.33. The third kappa shape index (κ3) is 2.85. The number of nitrogens with zero attached hydrogens (tertiary/aromatic N) is 2. The highest BCUT2D eigenvalue weighted by atomic mass is 19.3. The fourth-order valence-corrected chi connectivity index (χ4v) is 1.80. The third-order valence-electron chi connectivity index (χ3n) is 2.52. The van der Waals surface area contributed by atoms with E-state index in [-0.39, 0.29) is 12.4 Å². The lowest BCUT2D eigenvalue weighted by atomic mass is 10.1. The molecule has 0 bridgehead atoms. The van der Waals surface area contributed by atoms with E-state index in [0.717, 1.165) is 15.7 Å². The monoisotopic (exact) mass is 252 g/mol. The molecule has 0 radical (unpaired) electrons. The van der Waals surface area contributed by atoms with Gasteiger partial charge in [0.2, 0.25) is 0 Å². The molecule has 0 aliphatic carbocycles. The molecule has 0 saturated heterocycles. The van der Waals surface area contributed by atoms with Crippen LogP contribution in [0.3, 0.4) is 0 Å². The Hall–Kier alpha value is -1.91. The fraction of sp³-hybridized carbons (Fsp3) is 0.308. The molecule has 18 heavy (non-hydrogen) atoms. The second-order valence-corrected chi connectivity index (χ2v) is 4.14. The van der Waals surface area contributed by atoms with Crippen LogP contribution in [0.4, 0.5) is 8.78 Å². The molecule has 1 aromatic heterocycles. The van der Waals surface area contributed by atoms with Crippen LogP contribution in [-0.2, 0) is 6.61 Å². The van der Waals surface area contributed by atoms with E-state index < -0.39 is 6.55 Å². The Labute approximate surface area is 104 Å². The number of ether oxygens (including phenoxy) is 1. The molecule has 0 amide bonds. The van der Waals surface area contributed by atoms with Gasteiger partial charge in [0.1, 0.15) is 12.4 Å². The van der Waals surface area contributed by atoms with Crippen LogP contribution in [0.5, 0.6) is 5.75 Å². The first-order chi connectivity index (χ1) is 8.56. The Morgan fingerprint density at radius 2 is 1.89 bits per heavy atom. The molecule has 0 saturated carbocycles. The van der Waals surface area contributed by atoms with Gasteiger partial charge in [-0.2, -0.15) is 8.78 Å². The number of hydrogen-bond donors (Lipinski definition) is 0. The molecule has 0 aliphatic heterocycles. The molecule has 2 aromatic rings. The Bertz CT molecular complexity index is 517. The van der Waals surface area contributed by atoms with Gasteiger partial charge in [-0.1, -0.05) is 6.07 Å². The third-order valence-corrected chi connectivity index (χ3v) is 2.52. The van der Waals surface area contributed by atoms with E-state index in [1.165, 1.54) is 12.4 Å². The summed E-state index contributed by atoms with van der Waals surface area (Å²) in [5.74, 6) is 0.875. The van der Waals surface area contributed by atoms with E-state index >= 15 is 0 Å². The lowest BCUT2D eigenvalue weighted by Crippen LogP contribution is -2.07. The number of hydrogen-bond acceptors (Lipinski definition) is 2. The molecular weight excluding hydrogens is 238 g/mol. The molecule has 2 rings (SSSR count). The predicted octanol–water partition coefficient (Wildman–Crippen LogP) is 3.47. The predicted molar refractivity (Wildman–Crippen MR) is 63.7 cm³/mol. The van der Waals surface area contributed by atoms with Gasteiger partial charge in [-0.25, -0.2) is 4.98 Å². The summed E-state index contributed by atoms with van der Waals surface area (Å²) in [6.45, 7) is 1.35. The highest BCUT2D eigenvalue weighted by Gasteiger charge is 2.11. The first-order valence-electron chi connectivity index (χ1n) is 5.57. The van der Waals surface area contributed by atoms with Crippen molar-refractivity contribution in [1.29, 1.82) is 0 Å². The Morgan fingerprint density at radius 3 is 2.50 bits per heavy atom. The maximum absolute atomic E-state index is 12.6. The lowest BCUT2D eigenvalue weighted by molar-refractivity contribution is 0.0632. The number of rotatable bonds is 4. The average Bonchev–Trinajstić information content (AvgIpc) is 2.73. The van der Waals surface area contributed by atoms with E-state index in [0.29, 0.717) is 5.75 Å². The minimum Gasteiger partial charge on any atom is -0.486 e. The van der Waals surface area contributed by atoms with Gasteiger partial charge in [-0.15, -0.1) is 0 Å². The summed E-state index contributed by atoms with van der Waals surface area (Å²) in [6, 6.07) is 5.75. The van der Waals surface area contributed by atoms with Crippen LogP contribution in [0, 0.1) is 13.8 Å². The maximum atomic E-state index is 12.6. The van der Waals surface area contributed by atoms with Crippen LogP contribution in [0.2, 0.25) is 0 Å². The van der Waals surface area contributed by atoms with Gasteiger partial charge in [0.15, 0.2) is 5.82 Å². The van der Waals surface area contributed by atoms with Crippen LogP contribution in [0.15, 0.2) is 30.6 Å². The van der Waals surface area contributed by atoms with Crippen LogP contribution in [-0.4, -0.2) is 9.55 Å². The molecule has 0 fully saturated rings. The molecule has 0 aliphatic rings. The number of imidazole rings is 1. The zero-order valence-electron chi connectivity index (χ0n) is 10.2. The first-order valence-corrected chi connectivity index (χ1v) is 5.57. The van der Waals surface area contributed by atoms with Gasteiger partial charge in [0.25, 0.3) is 0 Å². The second-order valence-electron chi connectivity index (χ2n) is 4.14. The number of alkyl halides is 2. The van der Waals surface area contributed by atoms with Crippen molar-refractivity contribution in [2.75, 3.05) is 0 Å². The molecule has 3 nitrogen and oxygen atoms in total. The fourth-order valence-electron chi connectivity index (χ4n) is 1.80. The van der Waals surface area contributed by atoms with Crippen molar-refractivity contribution in [1.82, 2.24) is 9.55 Å². The summed E-state index contributed by atoms with van der Waals surface area (Å²) in [5, 5.41) is 0. The van der Waals surface area contributed by atoms with Crippen LogP contribution < -0.4 is 4.74 Å². The van der Waals surface area contributed by atoms with Crippen LogP contribution in [0.25, 0.3) is 0 Å². The highest BCUT2D eigenvalue weighted by Crippen LogP contribution is 2.18. The van der Waals surface area contributed by atoms with Gasteiger partial charge in [-0.3, -0.25) is 4.57 Å². The molecule has 96 valence electrons. The summed E-state index contributed by atoms with van der Waals surface area (Å²) in [6.07, 6.45) is 2.58. The topological polar surface area (TPSA) is 27.1 Å². The van der Waals surface area contributed by atoms with Crippen molar-refractivity contribution < 1.29 is 13.5 Å². The Kier molecular flexibility index (Phi) is 3.60. The number of aryl methyl sites for hydroxylation is 2. The zero-order valence-corrected chi connectivity index (χ0v) is 10.2. The van der Waals surface area contributed by atoms with Crippen LogP contribution in [0.1, 0.15) is 23.5 Å². The van der Waals surface area contributed by atoms with E-state index in [1.807, 2.05) is 32.0 Å². The van der Waals surface area contributed by atoms with Crippen molar-refractivity contribution in [3.8, 4) is 5.75 Å². The first kappa shape index (κ1) is 12.5. The summed E-state index contributed by atoms with van der Waals surface area (Å²) < 4.78 is 31.4. The molecule has 0 atom stereocenters. The van der Waals surface area contributed by atoms with Crippen molar-refractivity contribution >= 4 is 0 Å². The minimum atomic E-state index is -2.59. The second kappa shape index (κ2) is 5.16. The largest absolute Gasteiger partial charge is 0.486 e. The standard InChI is InChI=1S/C13H14F2N2O/c1-9-5-10(2)7-11(6-9)18-8-12-16-3-4-17(12)13(14)15/h3-7,13H,8H2,1-2H3. The van der Waals surface area contributed by atoms with Gasteiger partial charge in [0.05, 0.1) is 0 Å². The molecule has 0 unspecified atom stereocenters. The molecule has 1 aromatic carbocycles. The summed E-state index contributed by atoms with van der Waals surface area (Å²) in [7, 11) is 0. The van der Waals surface area contributed by atoms with Gasteiger partial charge >= 0.3 is 6.55 Å². The van der Waals surface area contributed by atoms with Gasteiger partial charge in [0, 0.05) is 12.4 Å². The molecule has 1 heterocycles. The smallest absolute Gasteiger partial charge is 0.320 e. The Balaban J connectivity index is 2.09. The van der Waals surface area contributed by atoms with E-state index in [9.17, 15) is 8.78 Å². The van der Waals surface area contributed by atoms with E-state index in [1.54, 1.807) is 0 Å². The van der Waals surface area contributed by atoms with Crippen molar-refractivity contribution in [3.05, 3.63) is 47.5 Å². The summed E-state index contributed by atoms with van der Waals surface area (Å²) in [4.78, 5) is 3.86. The Morgan fingerprint density at radius 1 is 1.22 bits per heavy atom. The summed E-state index contributed by atoms with van der Waals surface area (Å²) in [5.41, 5.74) is 2.14. The number of aromatic nitrogens is 2. The van der Waals surface area contributed by atoms with Crippen molar-refractivity contribution in [2.24, 2.45) is 0 Å².